The lowest BCUT2D eigenvalue weighted by molar-refractivity contribution is 0.394. The molecule has 2 N–H and O–H groups in total. The first-order chi connectivity index (χ1) is 10.2. The lowest BCUT2D eigenvalue weighted by atomic mass is 10.2. The fourth-order valence-corrected chi connectivity index (χ4v) is 1.69. The van der Waals surface area contributed by atoms with E-state index in [0.717, 1.165) is 5.56 Å². The number of hydrazone groups is 1. The number of hydrogen-bond donors (Lipinski definition) is 2. The number of methoxy groups -OCH3 is 2. The summed E-state index contributed by atoms with van der Waals surface area (Å²) in [6.07, 6.45) is 2.90. The molecule has 0 saturated carbocycles. The maximum Gasteiger partial charge on any atom is 0.285 e. The van der Waals surface area contributed by atoms with E-state index in [0.29, 0.717) is 17.2 Å². The summed E-state index contributed by atoms with van der Waals surface area (Å²) >= 11 is 5.81. The Labute approximate surface area is 125 Å². The van der Waals surface area contributed by atoms with Gasteiger partial charge in [-0.3, -0.25) is 10.2 Å². The number of anilines is 1. The van der Waals surface area contributed by atoms with Crippen molar-refractivity contribution in [2.24, 2.45) is 5.10 Å². The van der Waals surface area contributed by atoms with E-state index in [1.165, 1.54) is 12.4 Å². The minimum Gasteiger partial charge on any atom is -0.497 e. The van der Waals surface area contributed by atoms with Crippen LogP contribution in [0.5, 0.6) is 11.5 Å². The number of rotatable bonds is 5. The number of aromatic nitrogens is 2. The second-order valence-corrected chi connectivity index (χ2v) is 4.28. The number of nitrogens with zero attached hydrogens (tertiary/aromatic N) is 2. The third kappa shape index (κ3) is 3.51. The molecule has 0 aliphatic rings. The van der Waals surface area contributed by atoms with Gasteiger partial charge in [0.05, 0.1) is 26.6 Å². The van der Waals surface area contributed by atoms with E-state index in [9.17, 15) is 4.79 Å². The highest BCUT2D eigenvalue weighted by Gasteiger charge is 2.04. The topological polar surface area (TPSA) is 88.6 Å². The zero-order chi connectivity index (χ0) is 15.2. The lowest BCUT2D eigenvalue weighted by Crippen LogP contribution is -2.10. The van der Waals surface area contributed by atoms with Gasteiger partial charge in [0.2, 0.25) is 0 Å². The number of ether oxygens (including phenoxy) is 2. The van der Waals surface area contributed by atoms with E-state index < -0.39 is 5.56 Å². The molecule has 1 heterocycles. The van der Waals surface area contributed by atoms with Crippen LogP contribution in [0.4, 0.5) is 5.69 Å². The van der Waals surface area contributed by atoms with Gasteiger partial charge in [0.1, 0.15) is 22.2 Å². The maximum absolute atomic E-state index is 11.3. The highest BCUT2D eigenvalue weighted by molar-refractivity contribution is 6.32. The van der Waals surface area contributed by atoms with Gasteiger partial charge in [0.25, 0.3) is 5.56 Å². The fraction of sp³-hybridized carbons (Fsp3) is 0.154. The molecule has 0 saturated heterocycles. The molecule has 110 valence electrons. The Morgan fingerprint density at radius 2 is 2.19 bits per heavy atom. The standard InChI is InChI=1S/C13H13ClN4O3/c1-20-9-4-3-8(11(5-9)21-2)6-15-17-10-7-16-18-13(19)12(10)14/h3-7H,1-2H3,(H2,17,18,19). The minimum absolute atomic E-state index is 0.0103. The average molecular weight is 309 g/mol. The van der Waals surface area contributed by atoms with E-state index >= 15 is 0 Å². The van der Waals surface area contributed by atoms with Gasteiger partial charge in [-0.05, 0) is 12.1 Å². The van der Waals surface area contributed by atoms with E-state index in [2.05, 4.69) is 20.7 Å². The predicted molar refractivity (Wildman–Crippen MR) is 80.6 cm³/mol. The molecule has 8 heteroatoms. The summed E-state index contributed by atoms with van der Waals surface area (Å²) in [4.78, 5) is 11.3. The molecule has 2 rings (SSSR count). The Kier molecular flexibility index (Phi) is 4.78. The molecule has 0 bridgehead atoms. The highest BCUT2D eigenvalue weighted by atomic mass is 35.5. The van der Waals surface area contributed by atoms with Crippen LogP contribution < -0.4 is 20.5 Å². The van der Waals surface area contributed by atoms with Crippen molar-refractivity contribution < 1.29 is 9.47 Å². The molecule has 0 aliphatic carbocycles. The van der Waals surface area contributed by atoms with Gasteiger partial charge in [0.15, 0.2) is 0 Å². The van der Waals surface area contributed by atoms with Crippen LogP contribution in [0.2, 0.25) is 5.02 Å². The van der Waals surface area contributed by atoms with Crippen molar-refractivity contribution in [2.75, 3.05) is 19.6 Å². The van der Waals surface area contributed by atoms with Crippen LogP contribution >= 0.6 is 11.6 Å². The second-order valence-electron chi connectivity index (χ2n) is 3.90. The Bertz CT molecular complexity index is 715. The molecule has 0 fully saturated rings. The smallest absolute Gasteiger partial charge is 0.285 e. The zero-order valence-corrected chi connectivity index (χ0v) is 12.1. The number of halogens is 1. The number of nitrogens with one attached hydrogen (secondary N) is 2. The zero-order valence-electron chi connectivity index (χ0n) is 11.4. The number of benzene rings is 1. The van der Waals surface area contributed by atoms with Crippen molar-refractivity contribution >= 4 is 23.5 Å². The van der Waals surface area contributed by atoms with Crippen LogP contribution in [0.1, 0.15) is 5.56 Å². The van der Waals surface area contributed by atoms with Gasteiger partial charge in [-0.15, -0.1) is 0 Å². The fourth-order valence-electron chi connectivity index (χ4n) is 1.56. The summed E-state index contributed by atoms with van der Waals surface area (Å²) in [5.74, 6) is 1.29. The second kappa shape index (κ2) is 6.76. The van der Waals surface area contributed by atoms with Crippen molar-refractivity contribution in [1.82, 2.24) is 10.2 Å². The van der Waals surface area contributed by atoms with Crippen molar-refractivity contribution in [3.05, 3.63) is 45.3 Å². The maximum atomic E-state index is 11.3. The van der Waals surface area contributed by atoms with Crippen molar-refractivity contribution in [3.8, 4) is 11.5 Å². The largest absolute Gasteiger partial charge is 0.497 e. The van der Waals surface area contributed by atoms with E-state index in [1.54, 1.807) is 32.4 Å². The van der Waals surface area contributed by atoms with Gasteiger partial charge >= 0.3 is 0 Å². The lowest BCUT2D eigenvalue weighted by Gasteiger charge is -2.07. The number of aromatic amines is 1. The first kappa shape index (κ1) is 14.9. The Morgan fingerprint density at radius 3 is 2.90 bits per heavy atom. The predicted octanol–water partition coefficient (Wildman–Crippen LogP) is 1.89. The van der Waals surface area contributed by atoms with Crippen LogP contribution in [0, 0.1) is 0 Å². The molecule has 1 aromatic heterocycles. The summed E-state index contributed by atoms with van der Waals surface area (Å²) < 4.78 is 10.4. The molecule has 0 atom stereocenters. The summed E-state index contributed by atoms with van der Waals surface area (Å²) in [5.41, 5.74) is 3.21. The molecule has 21 heavy (non-hydrogen) atoms. The number of H-pyrrole nitrogens is 1. The third-order valence-corrected chi connectivity index (χ3v) is 3.00. The highest BCUT2D eigenvalue weighted by Crippen LogP contribution is 2.23. The van der Waals surface area contributed by atoms with Crippen LogP contribution in [0.3, 0.4) is 0 Å². The van der Waals surface area contributed by atoms with Crippen LogP contribution in [-0.4, -0.2) is 30.6 Å². The van der Waals surface area contributed by atoms with Gasteiger partial charge in [0, 0.05) is 11.6 Å². The summed E-state index contributed by atoms with van der Waals surface area (Å²) in [6, 6.07) is 5.31. The van der Waals surface area contributed by atoms with Gasteiger partial charge in [-0.2, -0.15) is 10.2 Å². The Balaban J connectivity index is 2.18. The molecular formula is C13H13ClN4O3. The summed E-state index contributed by atoms with van der Waals surface area (Å²) in [5, 5.41) is 9.84. The summed E-state index contributed by atoms with van der Waals surface area (Å²) in [7, 11) is 3.13. The first-order valence-corrected chi connectivity index (χ1v) is 6.27. The minimum atomic E-state index is -0.487. The quantitative estimate of drug-likeness (QED) is 0.650. The molecule has 2 aromatic rings. The van der Waals surface area contributed by atoms with Crippen molar-refractivity contribution in [3.63, 3.8) is 0 Å². The number of hydrogen-bond acceptors (Lipinski definition) is 6. The monoisotopic (exact) mass is 308 g/mol. The van der Waals surface area contributed by atoms with E-state index in [1.807, 2.05) is 0 Å². The van der Waals surface area contributed by atoms with E-state index in [-0.39, 0.29) is 5.02 Å². The van der Waals surface area contributed by atoms with Crippen LogP contribution in [0.15, 0.2) is 34.3 Å². The molecule has 0 radical (unpaired) electrons. The average Bonchev–Trinajstić information content (AvgIpc) is 2.51. The van der Waals surface area contributed by atoms with Gasteiger partial charge < -0.3 is 9.47 Å². The SMILES string of the molecule is COc1ccc(C=NNc2cn[nH]c(=O)c2Cl)c(OC)c1. The Hall–Kier alpha value is -2.54. The van der Waals surface area contributed by atoms with Crippen LogP contribution in [-0.2, 0) is 0 Å². The Morgan fingerprint density at radius 1 is 1.38 bits per heavy atom. The van der Waals surface area contributed by atoms with Crippen LogP contribution in [0.25, 0.3) is 0 Å². The molecule has 0 aliphatic heterocycles. The van der Waals surface area contributed by atoms with E-state index in [4.69, 9.17) is 21.1 Å². The van der Waals surface area contributed by atoms with Gasteiger partial charge in [-0.1, -0.05) is 11.6 Å². The third-order valence-electron chi connectivity index (χ3n) is 2.62. The molecule has 7 nitrogen and oxygen atoms in total. The summed E-state index contributed by atoms with van der Waals surface area (Å²) in [6.45, 7) is 0. The molecule has 0 amide bonds. The normalized spacial score (nSPS) is 10.6. The van der Waals surface area contributed by atoms with Gasteiger partial charge in [-0.25, -0.2) is 5.10 Å². The molecule has 1 aromatic carbocycles. The van der Waals surface area contributed by atoms with Crippen molar-refractivity contribution in [2.45, 2.75) is 0 Å². The molecule has 0 spiro atoms. The van der Waals surface area contributed by atoms with Crippen molar-refractivity contribution in [1.29, 1.82) is 0 Å². The molecule has 0 unspecified atom stereocenters. The first-order valence-electron chi connectivity index (χ1n) is 5.90. The molecular weight excluding hydrogens is 296 g/mol.